The molecule has 1 aromatic rings. The van der Waals surface area contributed by atoms with Crippen LogP contribution in [0.1, 0.15) is 59.2 Å². The first-order valence-electron chi connectivity index (χ1n) is 12.8. The smallest absolute Gasteiger partial charge is 0.410 e. The van der Waals surface area contributed by atoms with Gasteiger partial charge in [-0.2, -0.15) is 0 Å². The maximum atomic E-state index is 11.9. The number of nitrogen functional groups attached to an aromatic ring is 1. The number of guanidine groups is 1. The zero-order valence-corrected chi connectivity index (χ0v) is 26.1. The molecule has 1 fully saturated rings. The van der Waals surface area contributed by atoms with Gasteiger partial charge in [-0.15, -0.1) is 12.4 Å². The summed E-state index contributed by atoms with van der Waals surface area (Å²) in [6.07, 6.45) is 3.82. The SMILES string of the molecule is CC(C)(C)OC(=O)N1CCc2nc(N)ncc2C1.CN(C)/C=C1/CN(C(=O)OC(C)(C)C)CCC1=O.Cl.N=C(N)N. The Labute approximate surface area is 248 Å². The number of hydrogen-bond acceptors (Lipinski definition) is 10. The van der Waals surface area contributed by atoms with Crippen LogP contribution < -0.4 is 17.2 Å². The molecule has 14 nitrogen and oxygen atoms in total. The van der Waals surface area contributed by atoms with Gasteiger partial charge in [-0.1, -0.05) is 0 Å². The van der Waals surface area contributed by atoms with Crippen LogP contribution in [-0.2, 0) is 27.2 Å². The molecule has 0 aliphatic carbocycles. The molecule has 15 heteroatoms. The lowest BCUT2D eigenvalue weighted by Gasteiger charge is -2.30. The summed E-state index contributed by atoms with van der Waals surface area (Å²) in [6, 6.07) is 0. The number of halogens is 1. The largest absolute Gasteiger partial charge is 0.444 e. The fourth-order valence-corrected chi connectivity index (χ4v) is 3.49. The maximum absolute atomic E-state index is 11.9. The van der Waals surface area contributed by atoms with E-state index in [2.05, 4.69) is 21.4 Å². The van der Waals surface area contributed by atoms with Gasteiger partial charge in [0.05, 0.1) is 18.8 Å². The lowest BCUT2D eigenvalue weighted by molar-refractivity contribution is -0.117. The molecule has 1 saturated heterocycles. The number of hydrogen-bond donors (Lipinski definition) is 4. The molecule has 2 aliphatic heterocycles. The summed E-state index contributed by atoms with van der Waals surface area (Å²) in [7, 11) is 3.71. The van der Waals surface area contributed by atoms with E-state index < -0.39 is 11.2 Å². The predicted octanol–water partition coefficient (Wildman–Crippen LogP) is 2.25. The van der Waals surface area contributed by atoms with Gasteiger partial charge < -0.3 is 41.4 Å². The number of aromatic nitrogens is 2. The summed E-state index contributed by atoms with van der Waals surface area (Å²) in [5, 5.41) is 6.06. The Morgan fingerprint density at radius 3 is 1.90 bits per heavy atom. The fraction of sp³-hybridized carbons (Fsp3) is 0.615. The summed E-state index contributed by atoms with van der Waals surface area (Å²) in [5.74, 6) is 0.0444. The van der Waals surface area contributed by atoms with Crippen molar-refractivity contribution in [2.24, 2.45) is 11.5 Å². The van der Waals surface area contributed by atoms with Gasteiger partial charge in [-0.05, 0) is 41.5 Å². The van der Waals surface area contributed by atoms with Crippen LogP contribution >= 0.6 is 12.4 Å². The van der Waals surface area contributed by atoms with Gasteiger partial charge in [0.2, 0.25) is 5.95 Å². The first-order valence-corrected chi connectivity index (χ1v) is 12.8. The van der Waals surface area contributed by atoms with Crippen molar-refractivity contribution in [2.45, 2.75) is 72.1 Å². The van der Waals surface area contributed by atoms with Crippen molar-refractivity contribution in [3.05, 3.63) is 29.2 Å². The number of fused-ring (bicyclic) bond motifs is 1. The van der Waals surface area contributed by atoms with Gasteiger partial charge >= 0.3 is 12.2 Å². The minimum absolute atomic E-state index is 0. The Balaban J connectivity index is 0.000000676. The van der Waals surface area contributed by atoms with E-state index in [4.69, 9.17) is 20.6 Å². The van der Waals surface area contributed by atoms with Gasteiger partial charge in [0, 0.05) is 63.6 Å². The molecule has 0 bridgehead atoms. The number of ether oxygens (including phenoxy) is 2. The predicted molar refractivity (Wildman–Crippen MR) is 159 cm³/mol. The highest BCUT2D eigenvalue weighted by Crippen LogP contribution is 2.20. The normalized spacial score (nSPS) is 15.6. The number of nitrogens with zero attached hydrogens (tertiary/aromatic N) is 5. The standard InChI is InChI=1S/C13H22N2O3.C12H18N4O2.CH5N3.ClH/c1-13(2,3)18-12(17)15-7-6-11(16)10(9-15)8-14(4)5;1-12(2,3)18-11(17)16-5-4-9-8(7-16)6-14-10(13)15-9;2-1(3)4;/h8H,6-7,9H2,1-5H3;6H,4-5,7H2,1-3H3,(H2,13,14,15);(H5,2,3,4);1H/b10-8-;;;. The molecule has 0 radical (unpaired) electrons. The third kappa shape index (κ3) is 15.0. The summed E-state index contributed by atoms with van der Waals surface area (Å²) in [4.78, 5) is 48.7. The molecule has 232 valence electrons. The van der Waals surface area contributed by atoms with E-state index >= 15 is 0 Å². The number of nitrogens with one attached hydrogen (secondary N) is 1. The number of likely N-dealkylation sites (tertiary alicyclic amines) is 1. The summed E-state index contributed by atoms with van der Waals surface area (Å²) < 4.78 is 10.6. The summed E-state index contributed by atoms with van der Waals surface area (Å²) in [6.45, 7) is 12.9. The van der Waals surface area contributed by atoms with Crippen LogP contribution in [0.5, 0.6) is 0 Å². The first kappa shape index (κ1) is 37.2. The number of carbonyl (C=O) groups is 3. The second-order valence-electron chi connectivity index (χ2n) is 11.5. The van der Waals surface area contributed by atoms with Crippen LogP contribution in [-0.4, -0.2) is 93.5 Å². The van der Waals surface area contributed by atoms with Crippen LogP contribution in [0.15, 0.2) is 18.0 Å². The molecule has 0 unspecified atom stereocenters. The number of amides is 2. The molecular weight excluding hydrogens is 554 g/mol. The Morgan fingerprint density at radius 2 is 1.44 bits per heavy atom. The van der Waals surface area contributed by atoms with Crippen molar-refractivity contribution in [3.63, 3.8) is 0 Å². The lowest BCUT2D eigenvalue weighted by Crippen LogP contribution is -2.43. The number of ketones is 1. The van der Waals surface area contributed by atoms with E-state index in [1.165, 1.54) is 0 Å². The first-order chi connectivity index (χ1) is 18.3. The van der Waals surface area contributed by atoms with Gasteiger partial charge in [0.25, 0.3) is 0 Å². The number of anilines is 1. The van der Waals surface area contributed by atoms with E-state index in [-0.39, 0.29) is 42.3 Å². The lowest BCUT2D eigenvalue weighted by atomic mass is 10.0. The van der Waals surface area contributed by atoms with Crippen molar-refractivity contribution in [1.29, 1.82) is 5.41 Å². The van der Waals surface area contributed by atoms with E-state index in [9.17, 15) is 14.4 Å². The number of Topliss-reactive ketones (excluding diaryl/α,β-unsaturated/α-hetero) is 1. The molecule has 2 aliphatic rings. The minimum Gasteiger partial charge on any atom is -0.444 e. The third-order valence-electron chi connectivity index (χ3n) is 5.00. The second kappa shape index (κ2) is 15.8. The van der Waals surface area contributed by atoms with Crippen LogP contribution in [0.3, 0.4) is 0 Å². The zero-order valence-electron chi connectivity index (χ0n) is 25.3. The molecule has 2 amide bonds. The van der Waals surface area contributed by atoms with Gasteiger partial charge in [-0.3, -0.25) is 10.2 Å². The van der Waals surface area contributed by atoms with Crippen molar-refractivity contribution < 1.29 is 23.9 Å². The maximum Gasteiger partial charge on any atom is 0.410 e. The zero-order chi connectivity index (χ0) is 30.8. The van der Waals surface area contributed by atoms with Crippen molar-refractivity contribution in [3.8, 4) is 0 Å². The minimum atomic E-state index is -0.510. The summed E-state index contributed by atoms with van der Waals surface area (Å²) >= 11 is 0. The molecule has 0 atom stereocenters. The number of rotatable bonds is 1. The number of nitrogens with two attached hydrogens (primary N) is 3. The van der Waals surface area contributed by atoms with E-state index in [1.807, 2.05) is 60.5 Å². The highest BCUT2D eigenvalue weighted by Gasteiger charge is 2.29. The Hall–Kier alpha value is -3.81. The highest BCUT2D eigenvalue weighted by atomic mass is 35.5. The van der Waals surface area contributed by atoms with Crippen molar-refractivity contribution >= 4 is 42.3 Å². The Kier molecular flexibility index (Phi) is 14.4. The van der Waals surface area contributed by atoms with Crippen LogP contribution in [0, 0.1) is 5.41 Å². The van der Waals surface area contributed by atoms with E-state index in [0.29, 0.717) is 44.6 Å². The topological polar surface area (TPSA) is 207 Å². The Morgan fingerprint density at radius 1 is 0.976 bits per heavy atom. The van der Waals surface area contributed by atoms with E-state index in [1.54, 1.807) is 22.2 Å². The fourth-order valence-electron chi connectivity index (χ4n) is 3.49. The van der Waals surface area contributed by atoms with Crippen molar-refractivity contribution in [2.75, 3.05) is 39.5 Å². The number of carbonyl (C=O) groups excluding carboxylic acids is 3. The average molecular weight is 600 g/mol. The Bertz CT molecular complexity index is 1090. The molecule has 3 heterocycles. The van der Waals surface area contributed by atoms with Crippen LogP contribution in [0.2, 0.25) is 0 Å². The third-order valence-corrected chi connectivity index (χ3v) is 5.00. The van der Waals surface area contributed by atoms with Crippen molar-refractivity contribution in [1.82, 2.24) is 24.7 Å². The highest BCUT2D eigenvalue weighted by molar-refractivity contribution is 5.97. The monoisotopic (exact) mass is 599 g/mol. The average Bonchev–Trinajstić information content (AvgIpc) is 2.77. The van der Waals surface area contributed by atoms with Gasteiger partial charge in [0.15, 0.2) is 11.7 Å². The molecule has 7 N–H and O–H groups in total. The molecule has 0 aromatic carbocycles. The summed E-state index contributed by atoms with van der Waals surface area (Å²) in [5.41, 5.74) is 16.0. The van der Waals surface area contributed by atoms with Crippen LogP contribution in [0.25, 0.3) is 0 Å². The number of piperidine rings is 1. The van der Waals surface area contributed by atoms with Crippen LogP contribution in [0.4, 0.5) is 15.5 Å². The quantitative estimate of drug-likeness (QED) is 0.209. The molecular formula is C26H46ClN9O5. The molecule has 0 spiro atoms. The van der Waals surface area contributed by atoms with Gasteiger partial charge in [-0.25, -0.2) is 19.6 Å². The molecule has 3 rings (SSSR count). The van der Waals surface area contributed by atoms with E-state index in [0.717, 1.165) is 11.3 Å². The molecule has 1 aromatic heterocycles. The van der Waals surface area contributed by atoms with Gasteiger partial charge in [0.1, 0.15) is 11.2 Å². The molecule has 41 heavy (non-hydrogen) atoms. The second-order valence-corrected chi connectivity index (χ2v) is 11.5. The molecule has 0 saturated carbocycles.